The van der Waals surface area contributed by atoms with Crippen LogP contribution < -0.4 is 10.1 Å². The molecule has 0 saturated carbocycles. The maximum atomic E-state index is 11.4. The number of carbonyl (C=O) groups is 1. The third kappa shape index (κ3) is 2.30. The second-order valence-corrected chi connectivity index (χ2v) is 6.11. The van der Waals surface area contributed by atoms with Crippen LogP contribution in [0.15, 0.2) is 30.5 Å². The Morgan fingerprint density at radius 3 is 2.68 bits per heavy atom. The highest BCUT2D eigenvalue weighted by molar-refractivity contribution is 5.93. The lowest BCUT2D eigenvalue weighted by molar-refractivity contribution is 0.0697. The van der Waals surface area contributed by atoms with E-state index in [9.17, 15) is 9.90 Å². The van der Waals surface area contributed by atoms with Gasteiger partial charge in [0.2, 0.25) is 0 Å². The van der Waals surface area contributed by atoms with Crippen LogP contribution in [0.4, 0.5) is 5.82 Å². The van der Waals surface area contributed by atoms with Crippen molar-refractivity contribution in [3.63, 3.8) is 0 Å². The van der Waals surface area contributed by atoms with Crippen LogP contribution >= 0.6 is 0 Å². The normalized spacial score (nSPS) is 19.1. The molecule has 0 spiro atoms. The minimum atomic E-state index is -0.972. The zero-order valence-corrected chi connectivity index (χ0v) is 12.8. The van der Waals surface area contributed by atoms with Gasteiger partial charge < -0.3 is 15.2 Å². The van der Waals surface area contributed by atoms with E-state index in [4.69, 9.17) is 4.74 Å². The van der Waals surface area contributed by atoms with Crippen LogP contribution in [0.3, 0.4) is 0 Å². The van der Waals surface area contributed by atoms with Crippen molar-refractivity contribution in [3.05, 3.63) is 41.6 Å². The van der Waals surface area contributed by atoms with Gasteiger partial charge in [-0.3, -0.25) is 0 Å². The van der Waals surface area contributed by atoms with Crippen LogP contribution in [0.2, 0.25) is 0 Å². The van der Waals surface area contributed by atoms with E-state index in [1.165, 1.54) is 6.20 Å². The highest BCUT2D eigenvalue weighted by Gasteiger charge is 2.36. The minimum absolute atomic E-state index is 0.0307. The molecule has 1 aliphatic rings. The summed E-state index contributed by atoms with van der Waals surface area (Å²) in [4.78, 5) is 11.4. The first kappa shape index (κ1) is 14.4. The van der Waals surface area contributed by atoms with E-state index in [2.05, 4.69) is 24.3 Å². The molecule has 0 bridgehead atoms. The first-order valence-electron chi connectivity index (χ1n) is 7.14. The average Bonchev–Trinajstić information content (AvgIpc) is 2.92. The van der Waals surface area contributed by atoms with Gasteiger partial charge in [0.25, 0.3) is 0 Å². The fourth-order valence-corrected chi connectivity index (χ4v) is 2.94. The molecule has 0 radical (unpaired) electrons. The van der Waals surface area contributed by atoms with Crippen LogP contribution in [0.1, 0.15) is 42.2 Å². The molecule has 1 aromatic carbocycles. The van der Waals surface area contributed by atoms with Gasteiger partial charge in [-0.25, -0.2) is 9.48 Å². The van der Waals surface area contributed by atoms with E-state index >= 15 is 0 Å². The fraction of sp³-hybridized carbons (Fsp3) is 0.375. The summed E-state index contributed by atoms with van der Waals surface area (Å²) in [6, 6.07) is 7.85. The highest BCUT2D eigenvalue weighted by atomic mass is 16.5. The lowest BCUT2D eigenvalue weighted by Crippen LogP contribution is -2.38. The number of hydrogen-bond acceptors (Lipinski definition) is 4. The molecule has 116 valence electrons. The number of benzene rings is 1. The van der Waals surface area contributed by atoms with Gasteiger partial charge in [-0.15, -0.1) is 0 Å². The Balaban J connectivity index is 1.99. The van der Waals surface area contributed by atoms with Crippen molar-refractivity contribution in [1.29, 1.82) is 0 Å². The minimum Gasteiger partial charge on any atom is -0.497 e. The van der Waals surface area contributed by atoms with Crippen molar-refractivity contribution in [2.75, 3.05) is 12.4 Å². The van der Waals surface area contributed by atoms with E-state index < -0.39 is 5.97 Å². The van der Waals surface area contributed by atoms with Gasteiger partial charge in [0.1, 0.15) is 17.1 Å². The Labute approximate surface area is 128 Å². The molecule has 2 aromatic rings. The summed E-state index contributed by atoms with van der Waals surface area (Å²) in [5, 5.41) is 16.9. The maximum Gasteiger partial charge on any atom is 0.341 e. The molecular weight excluding hydrogens is 282 g/mol. The Morgan fingerprint density at radius 2 is 2.09 bits per heavy atom. The summed E-state index contributed by atoms with van der Waals surface area (Å²) < 4.78 is 6.94. The molecule has 6 nitrogen and oxygen atoms in total. The van der Waals surface area contributed by atoms with Crippen molar-refractivity contribution >= 4 is 11.8 Å². The van der Waals surface area contributed by atoms with Crippen LogP contribution in [0.25, 0.3) is 0 Å². The molecule has 1 atom stereocenters. The van der Waals surface area contributed by atoms with Crippen molar-refractivity contribution in [3.8, 4) is 5.75 Å². The smallest absolute Gasteiger partial charge is 0.341 e. The number of ether oxygens (including phenoxy) is 1. The summed E-state index contributed by atoms with van der Waals surface area (Å²) >= 11 is 0. The van der Waals surface area contributed by atoms with Gasteiger partial charge in [0.05, 0.1) is 24.9 Å². The number of rotatable bonds is 3. The Morgan fingerprint density at radius 1 is 1.41 bits per heavy atom. The molecule has 3 rings (SSSR count). The average molecular weight is 301 g/mol. The standard InChI is InChI=1S/C16H19N3O3/c1-16(2)8-13(10-4-6-11(22-3)7-5-10)18-14-12(15(20)21)9-17-19(14)16/h4-7,9,13,18H,8H2,1-3H3,(H,20,21). The lowest BCUT2D eigenvalue weighted by atomic mass is 9.89. The van der Waals surface area contributed by atoms with Crippen molar-refractivity contribution in [2.24, 2.45) is 0 Å². The molecule has 0 fully saturated rings. The molecule has 6 heteroatoms. The van der Waals surface area contributed by atoms with E-state index in [-0.39, 0.29) is 17.1 Å². The molecule has 2 N–H and O–H groups in total. The Bertz CT molecular complexity index is 704. The van der Waals surface area contributed by atoms with Crippen molar-refractivity contribution in [1.82, 2.24) is 9.78 Å². The molecule has 1 aromatic heterocycles. The number of carboxylic acids is 1. The molecule has 0 aliphatic carbocycles. The monoisotopic (exact) mass is 301 g/mol. The second-order valence-electron chi connectivity index (χ2n) is 6.11. The van der Waals surface area contributed by atoms with E-state index in [0.717, 1.165) is 17.7 Å². The first-order chi connectivity index (χ1) is 10.4. The third-order valence-electron chi connectivity index (χ3n) is 4.11. The zero-order valence-electron chi connectivity index (χ0n) is 12.8. The van der Waals surface area contributed by atoms with E-state index in [1.54, 1.807) is 11.8 Å². The van der Waals surface area contributed by atoms with Gasteiger partial charge in [0, 0.05) is 0 Å². The number of aromatic carboxylic acids is 1. The third-order valence-corrected chi connectivity index (χ3v) is 4.11. The summed E-state index contributed by atoms with van der Waals surface area (Å²) in [6.45, 7) is 4.12. The van der Waals surface area contributed by atoms with Crippen molar-refractivity contribution < 1.29 is 14.6 Å². The quantitative estimate of drug-likeness (QED) is 0.911. The molecule has 0 saturated heterocycles. The number of nitrogens with zero attached hydrogens (tertiary/aromatic N) is 2. The number of nitrogens with one attached hydrogen (secondary N) is 1. The SMILES string of the molecule is COc1ccc(C2CC(C)(C)n3ncc(C(=O)O)c3N2)cc1. The molecule has 1 aliphatic heterocycles. The lowest BCUT2D eigenvalue weighted by Gasteiger charge is -2.38. The maximum absolute atomic E-state index is 11.4. The number of hydrogen-bond donors (Lipinski definition) is 2. The largest absolute Gasteiger partial charge is 0.497 e. The summed E-state index contributed by atoms with van der Waals surface area (Å²) in [6.07, 6.45) is 2.22. The molecule has 22 heavy (non-hydrogen) atoms. The van der Waals surface area contributed by atoms with Crippen LogP contribution in [-0.4, -0.2) is 28.0 Å². The number of anilines is 1. The van der Waals surface area contributed by atoms with E-state index in [1.807, 2.05) is 24.3 Å². The molecular formula is C16H19N3O3. The van der Waals surface area contributed by atoms with Gasteiger partial charge in [0.15, 0.2) is 0 Å². The number of aromatic nitrogens is 2. The van der Waals surface area contributed by atoms with E-state index in [0.29, 0.717) is 5.82 Å². The zero-order chi connectivity index (χ0) is 15.9. The van der Waals surface area contributed by atoms with Gasteiger partial charge in [-0.2, -0.15) is 5.10 Å². The van der Waals surface area contributed by atoms with Gasteiger partial charge in [-0.05, 0) is 38.0 Å². The topological polar surface area (TPSA) is 76.4 Å². The number of methoxy groups -OCH3 is 1. The number of carboxylic acid groups (broad SMARTS) is 1. The fourth-order valence-electron chi connectivity index (χ4n) is 2.94. The summed E-state index contributed by atoms with van der Waals surface area (Å²) in [7, 11) is 1.63. The molecule has 1 unspecified atom stereocenters. The summed E-state index contributed by atoms with van der Waals surface area (Å²) in [5.74, 6) is 0.389. The summed E-state index contributed by atoms with van der Waals surface area (Å²) in [5.41, 5.74) is 1.03. The van der Waals surface area contributed by atoms with Crippen LogP contribution in [0, 0.1) is 0 Å². The van der Waals surface area contributed by atoms with Crippen molar-refractivity contribution in [2.45, 2.75) is 31.8 Å². The predicted molar refractivity (Wildman–Crippen MR) is 82.5 cm³/mol. The highest BCUT2D eigenvalue weighted by Crippen LogP contribution is 2.40. The van der Waals surface area contributed by atoms with Crippen LogP contribution in [-0.2, 0) is 5.54 Å². The van der Waals surface area contributed by atoms with Gasteiger partial charge in [-0.1, -0.05) is 12.1 Å². The molecule has 0 amide bonds. The number of fused-ring (bicyclic) bond motifs is 1. The predicted octanol–water partition coefficient (Wildman–Crippen LogP) is 2.88. The molecule has 2 heterocycles. The Kier molecular flexibility index (Phi) is 3.31. The second kappa shape index (κ2) is 5.05. The Hall–Kier alpha value is -2.50. The first-order valence-corrected chi connectivity index (χ1v) is 7.14. The van der Waals surface area contributed by atoms with Gasteiger partial charge >= 0.3 is 5.97 Å². The van der Waals surface area contributed by atoms with Crippen LogP contribution in [0.5, 0.6) is 5.75 Å².